The van der Waals surface area contributed by atoms with Gasteiger partial charge in [0, 0.05) is 37.7 Å². The standard InChI is InChI=1S/C16H24BrN3O/c1-4-20(11-16(21)19(2)3)15-8-5-12(9-14(15)17)10-18-13-6-7-13/h5,8-9,13,18H,4,6-7,10-11H2,1-3H3. The van der Waals surface area contributed by atoms with Crippen LogP contribution in [-0.2, 0) is 11.3 Å². The molecule has 5 heteroatoms. The molecule has 21 heavy (non-hydrogen) atoms. The van der Waals surface area contributed by atoms with E-state index in [1.54, 1.807) is 19.0 Å². The summed E-state index contributed by atoms with van der Waals surface area (Å²) in [6.45, 7) is 4.18. The van der Waals surface area contributed by atoms with Crippen molar-refractivity contribution in [2.24, 2.45) is 0 Å². The number of likely N-dealkylation sites (N-methyl/N-ethyl adjacent to an activating group) is 2. The molecule has 0 bridgehead atoms. The minimum atomic E-state index is 0.114. The highest BCUT2D eigenvalue weighted by Gasteiger charge is 2.20. The third-order valence-corrected chi connectivity index (χ3v) is 4.37. The number of hydrogen-bond acceptors (Lipinski definition) is 3. The fraction of sp³-hybridized carbons (Fsp3) is 0.562. The Morgan fingerprint density at radius 2 is 2.10 bits per heavy atom. The predicted molar refractivity (Wildman–Crippen MR) is 90.6 cm³/mol. The van der Waals surface area contributed by atoms with Gasteiger partial charge in [-0.3, -0.25) is 4.79 Å². The zero-order chi connectivity index (χ0) is 15.4. The van der Waals surface area contributed by atoms with Crippen LogP contribution in [0.25, 0.3) is 0 Å². The van der Waals surface area contributed by atoms with Crippen LogP contribution in [-0.4, -0.2) is 44.0 Å². The van der Waals surface area contributed by atoms with Crippen molar-refractivity contribution in [2.75, 3.05) is 32.1 Å². The first-order chi connectivity index (χ1) is 10.0. The summed E-state index contributed by atoms with van der Waals surface area (Å²) in [5.74, 6) is 0.114. The number of nitrogens with one attached hydrogen (secondary N) is 1. The van der Waals surface area contributed by atoms with Gasteiger partial charge in [-0.2, -0.15) is 0 Å². The first kappa shape index (κ1) is 16.3. The second-order valence-electron chi connectivity index (χ2n) is 5.74. The molecule has 0 heterocycles. The summed E-state index contributed by atoms with van der Waals surface area (Å²) in [5, 5.41) is 3.51. The lowest BCUT2D eigenvalue weighted by Gasteiger charge is -2.25. The third kappa shape index (κ3) is 4.71. The number of halogens is 1. The molecule has 0 spiro atoms. The maximum Gasteiger partial charge on any atom is 0.241 e. The predicted octanol–water partition coefficient (Wildman–Crippen LogP) is 2.62. The lowest BCUT2D eigenvalue weighted by atomic mass is 10.2. The van der Waals surface area contributed by atoms with E-state index in [2.05, 4.69) is 51.3 Å². The molecule has 2 rings (SSSR count). The number of benzene rings is 1. The molecule has 0 atom stereocenters. The van der Waals surface area contributed by atoms with Crippen LogP contribution in [0.4, 0.5) is 5.69 Å². The SMILES string of the molecule is CCN(CC(=O)N(C)C)c1ccc(CNC2CC2)cc1Br. The fourth-order valence-electron chi connectivity index (χ4n) is 2.14. The van der Waals surface area contributed by atoms with Crippen LogP contribution in [0, 0.1) is 0 Å². The molecule has 0 radical (unpaired) electrons. The third-order valence-electron chi connectivity index (χ3n) is 3.73. The molecule has 1 fully saturated rings. The summed E-state index contributed by atoms with van der Waals surface area (Å²) in [7, 11) is 3.58. The summed E-state index contributed by atoms with van der Waals surface area (Å²) in [6.07, 6.45) is 2.60. The van der Waals surface area contributed by atoms with Gasteiger partial charge in [0.1, 0.15) is 0 Å². The number of hydrogen-bond donors (Lipinski definition) is 1. The van der Waals surface area contributed by atoms with Gasteiger partial charge < -0.3 is 15.1 Å². The van der Waals surface area contributed by atoms with Crippen molar-refractivity contribution in [2.45, 2.75) is 32.4 Å². The molecule has 1 N–H and O–H groups in total. The minimum Gasteiger partial charge on any atom is -0.362 e. The normalized spacial score (nSPS) is 14.1. The van der Waals surface area contributed by atoms with Crippen molar-refractivity contribution < 1.29 is 4.79 Å². The summed E-state index contributed by atoms with van der Waals surface area (Å²) < 4.78 is 1.05. The zero-order valence-corrected chi connectivity index (χ0v) is 14.6. The number of nitrogens with zero attached hydrogens (tertiary/aromatic N) is 2. The summed E-state index contributed by atoms with van der Waals surface area (Å²) >= 11 is 3.64. The van der Waals surface area contributed by atoms with Gasteiger partial charge in [-0.05, 0) is 53.4 Å². The quantitative estimate of drug-likeness (QED) is 0.818. The largest absolute Gasteiger partial charge is 0.362 e. The maximum absolute atomic E-state index is 11.9. The minimum absolute atomic E-state index is 0.114. The Morgan fingerprint density at radius 1 is 1.38 bits per heavy atom. The van der Waals surface area contributed by atoms with Gasteiger partial charge in [0.15, 0.2) is 0 Å². The topological polar surface area (TPSA) is 35.6 Å². The Labute approximate surface area is 135 Å². The molecule has 0 unspecified atom stereocenters. The lowest BCUT2D eigenvalue weighted by Crippen LogP contribution is -2.36. The van der Waals surface area contributed by atoms with Crippen LogP contribution in [0.3, 0.4) is 0 Å². The van der Waals surface area contributed by atoms with Crippen molar-refractivity contribution in [1.29, 1.82) is 0 Å². The van der Waals surface area contributed by atoms with Crippen molar-refractivity contribution >= 4 is 27.5 Å². The molecule has 1 aliphatic carbocycles. The molecule has 1 aromatic carbocycles. The molecule has 116 valence electrons. The van der Waals surface area contributed by atoms with E-state index in [0.29, 0.717) is 12.6 Å². The molecular formula is C16H24BrN3O. The summed E-state index contributed by atoms with van der Waals surface area (Å²) in [4.78, 5) is 15.6. The highest BCUT2D eigenvalue weighted by atomic mass is 79.9. The Hall–Kier alpha value is -1.07. The van der Waals surface area contributed by atoms with Gasteiger partial charge in [-0.15, -0.1) is 0 Å². The van der Waals surface area contributed by atoms with E-state index in [0.717, 1.165) is 23.2 Å². The van der Waals surface area contributed by atoms with Gasteiger partial charge in [-0.25, -0.2) is 0 Å². The smallest absolute Gasteiger partial charge is 0.241 e. The average molecular weight is 354 g/mol. The monoisotopic (exact) mass is 353 g/mol. The van der Waals surface area contributed by atoms with Gasteiger partial charge in [0.25, 0.3) is 0 Å². The first-order valence-corrected chi connectivity index (χ1v) is 8.27. The number of carbonyl (C=O) groups is 1. The van der Waals surface area contributed by atoms with E-state index in [1.807, 2.05) is 0 Å². The molecular weight excluding hydrogens is 330 g/mol. The second kappa shape index (κ2) is 7.27. The Balaban J connectivity index is 2.04. The van der Waals surface area contributed by atoms with E-state index >= 15 is 0 Å². The average Bonchev–Trinajstić information content (AvgIpc) is 3.27. The highest BCUT2D eigenvalue weighted by Crippen LogP contribution is 2.28. The Morgan fingerprint density at radius 3 is 2.62 bits per heavy atom. The molecule has 1 aromatic rings. The van der Waals surface area contributed by atoms with Crippen LogP contribution >= 0.6 is 15.9 Å². The molecule has 1 amide bonds. The highest BCUT2D eigenvalue weighted by molar-refractivity contribution is 9.10. The van der Waals surface area contributed by atoms with Gasteiger partial charge in [0.05, 0.1) is 12.2 Å². The van der Waals surface area contributed by atoms with E-state index in [4.69, 9.17) is 0 Å². The molecule has 1 saturated carbocycles. The maximum atomic E-state index is 11.9. The van der Waals surface area contributed by atoms with E-state index in [9.17, 15) is 4.79 Å². The number of rotatable bonds is 7. The van der Waals surface area contributed by atoms with Gasteiger partial charge >= 0.3 is 0 Å². The molecule has 4 nitrogen and oxygen atoms in total. The molecule has 0 aliphatic heterocycles. The van der Waals surface area contributed by atoms with Gasteiger partial charge in [0.2, 0.25) is 5.91 Å². The number of anilines is 1. The summed E-state index contributed by atoms with van der Waals surface area (Å²) in [5.41, 5.74) is 2.34. The van der Waals surface area contributed by atoms with E-state index < -0.39 is 0 Å². The van der Waals surface area contributed by atoms with Crippen LogP contribution in [0.5, 0.6) is 0 Å². The van der Waals surface area contributed by atoms with Crippen molar-refractivity contribution in [3.63, 3.8) is 0 Å². The molecule has 0 aromatic heterocycles. The fourth-order valence-corrected chi connectivity index (χ4v) is 2.82. The molecule has 1 aliphatic rings. The van der Waals surface area contributed by atoms with Crippen molar-refractivity contribution in [1.82, 2.24) is 10.2 Å². The van der Waals surface area contributed by atoms with Crippen LogP contribution in [0.2, 0.25) is 0 Å². The van der Waals surface area contributed by atoms with Crippen molar-refractivity contribution in [3.8, 4) is 0 Å². The zero-order valence-electron chi connectivity index (χ0n) is 13.0. The van der Waals surface area contributed by atoms with Crippen LogP contribution in [0.1, 0.15) is 25.3 Å². The Bertz CT molecular complexity index is 500. The second-order valence-corrected chi connectivity index (χ2v) is 6.60. The van der Waals surface area contributed by atoms with E-state index in [-0.39, 0.29) is 5.91 Å². The molecule has 0 saturated heterocycles. The van der Waals surface area contributed by atoms with Crippen LogP contribution < -0.4 is 10.2 Å². The number of amides is 1. The van der Waals surface area contributed by atoms with Gasteiger partial charge in [-0.1, -0.05) is 6.07 Å². The van der Waals surface area contributed by atoms with E-state index in [1.165, 1.54) is 18.4 Å². The van der Waals surface area contributed by atoms with Crippen molar-refractivity contribution in [3.05, 3.63) is 28.2 Å². The summed E-state index contributed by atoms with van der Waals surface area (Å²) in [6, 6.07) is 7.10. The first-order valence-electron chi connectivity index (χ1n) is 7.48. The lowest BCUT2D eigenvalue weighted by molar-refractivity contribution is -0.127. The van der Waals surface area contributed by atoms with Crippen LogP contribution in [0.15, 0.2) is 22.7 Å². The number of carbonyl (C=O) groups excluding carboxylic acids is 1. The Kier molecular flexibility index (Phi) is 5.65.